The molecule has 1 rings (SSSR count). The van der Waals surface area contributed by atoms with E-state index in [1.165, 1.54) is 0 Å². The summed E-state index contributed by atoms with van der Waals surface area (Å²) in [6.07, 6.45) is 2.74. The van der Waals surface area contributed by atoms with Gasteiger partial charge in [0.1, 0.15) is 11.6 Å². The lowest BCUT2D eigenvalue weighted by Crippen LogP contribution is -2.36. The molecule has 0 aliphatic rings. The average Bonchev–Trinajstić information content (AvgIpc) is 2.72. The third-order valence-corrected chi connectivity index (χ3v) is 4.08. The quantitative estimate of drug-likeness (QED) is 0.645. The molecule has 0 aliphatic heterocycles. The molecular weight excluding hydrogens is 274 g/mol. The zero-order valence-electron chi connectivity index (χ0n) is 14.5. The molecular formula is C18H27N3O. The molecule has 1 N–H and O–H groups in total. The Morgan fingerprint density at radius 1 is 1.41 bits per heavy atom. The molecule has 120 valence electrons. The zero-order valence-corrected chi connectivity index (χ0v) is 14.5. The van der Waals surface area contributed by atoms with Crippen molar-refractivity contribution in [2.45, 2.75) is 60.5 Å². The molecule has 0 radical (unpaired) electrons. The predicted molar refractivity (Wildman–Crippen MR) is 90.2 cm³/mol. The molecule has 1 aromatic heterocycles. The van der Waals surface area contributed by atoms with Gasteiger partial charge in [-0.05, 0) is 50.8 Å². The minimum atomic E-state index is -0.302. The van der Waals surface area contributed by atoms with Gasteiger partial charge >= 0.3 is 0 Å². The maximum absolute atomic E-state index is 12.2. The average molecular weight is 301 g/mol. The number of rotatable bonds is 6. The lowest BCUT2D eigenvalue weighted by Gasteiger charge is -2.16. The highest BCUT2D eigenvalue weighted by Gasteiger charge is 2.16. The van der Waals surface area contributed by atoms with Crippen molar-refractivity contribution >= 4 is 12.0 Å². The van der Waals surface area contributed by atoms with Crippen molar-refractivity contribution in [2.75, 3.05) is 0 Å². The van der Waals surface area contributed by atoms with Crippen molar-refractivity contribution in [2.24, 2.45) is 5.92 Å². The Balaban J connectivity index is 3.06. The standard InChI is InChI=1S/C18H27N3O/c1-7-8-21-13(4)9-16(15(21)6)10-17(11-19)18(22)20-14(5)12(2)3/h9-10,12,14H,7-8H2,1-6H3,(H,20,22)/b17-10+. The maximum Gasteiger partial charge on any atom is 0.262 e. The van der Waals surface area contributed by atoms with Crippen molar-refractivity contribution in [3.8, 4) is 6.07 Å². The van der Waals surface area contributed by atoms with Crippen molar-refractivity contribution in [3.05, 3.63) is 28.6 Å². The number of hydrogen-bond donors (Lipinski definition) is 1. The lowest BCUT2D eigenvalue weighted by molar-refractivity contribution is -0.117. The molecule has 1 unspecified atom stereocenters. The summed E-state index contributed by atoms with van der Waals surface area (Å²) < 4.78 is 2.22. The first-order valence-corrected chi connectivity index (χ1v) is 7.91. The van der Waals surface area contributed by atoms with Gasteiger partial charge in [0.15, 0.2) is 0 Å². The summed E-state index contributed by atoms with van der Waals surface area (Å²) in [5.74, 6) is 0.0301. The minimum Gasteiger partial charge on any atom is -0.349 e. The van der Waals surface area contributed by atoms with Crippen LogP contribution in [0.15, 0.2) is 11.6 Å². The largest absolute Gasteiger partial charge is 0.349 e. The predicted octanol–water partition coefficient (Wildman–Crippen LogP) is 3.58. The summed E-state index contributed by atoms with van der Waals surface area (Å²) in [4.78, 5) is 12.2. The van der Waals surface area contributed by atoms with Gasteiger partial charge in [-0.2, -0.15) is 5.26 Å². The van der Waals surface area contributed by atoms with E-state index in [0.29, 0.717) is 5.92 Å². The third kappa shape index (κ3) is 4.24. The molecule has 0 saturated heterocycles. The van der Waals surface area contributed by atoms with Crippen LogP contribution in [0.4, 0.5) is 0 Å². The number of nitriles is 1. The van der Waals surface area contributed by atoms with Gasteiger partial charge in [0.2, 0.25) is 0 Å². The van der Waals surface area contributed by atoms with E-state index in [1.54, 1.807) is 6.08 Å². The van der Waals surface area contributed by atoms with Gasteiger partial charge in [-0.3, -0.25) is 4.79 Å². The Morgan fingerprint density at radius 3 is 2.55 bits per heavy atom. The molecule has 0 aliphatic carbocycles. The second-order valence-electron chi connectivity index (χ2n) is 6.15. The Bertz CT molecular complexity index is 603. The van der Waals surface area contributed by atoms with E-state index in [-0.39, 0.29) is 17.5 Å². The summed E-state index contributed by atoms with van der Waals surface area (Å²) in [5.41, 5.74) is 3.34. The van der Waals surface area contributed by atoms with Crippen LogP contribution in [0.1, 0.15) is 51.1 Å². The van der Waals surface area contributed by atoms with Gasteiger partial charge in [0.05, 0.1) is 0 Å². The highest BCUT2D eigenvalue weighted by molar-refractivity contribution is 6.02. The van der Waals surface area contributed by atoms with Crippen LogP contribution < -0.4 is 5.32 Å². The van der Waals surface area contributed by atoms with E-state index < -0.39 is 0 Å². The van der Waals surface area contributed by atoms with Crippen LogP contribution in [0.3, 0.4) is 0 Å². The minimum absolute atomic E-state index is 0.0387. The molecule has 1 aromatic rings. The van der Waals surface area contributed by atoms with E-state index in [9.17, 15) is 10.1 Å². The zero-order chi connectivity index (χ0) is 16.9. The summed E-state index contributed by atoms with van der Waals surface area (Å²) >= 11 is 0. The maximum atomic E-state index is 12.2. The molecule has 0 saturated carbocycles. The highest BCUT2D eigenvalue weighted by atomic mass is 16.1. The second-order valence-corrected chi connectivity index (χ2v) is 6.15. The summed E-state index contributed by atoms with van der Waals surface area (Å²) in [7, 11) is 0. The van der Waals surface area contributed by atoms with Gasteiger partial charge in [-0.25, -0.2) is 0 Å². The first-order valence-electron chi connectivity index (χ1n) is 7.91. The molecule has 0 aromatic carbocycles. The van der Waals surface area contributed by atoms with Gasteiger partial charge in [0, 0.05) is 24.0 Å². The van der Waals surface area contributed by atoms with Crippen molar-refractivity contribution in [3.63, 3.8) is 0 Å². The Kier molecular flexibility index (Phi) is 6.42. The molecule has 4 heteroatoms. The first-order chi connectivity index (χ1) is 10.3. The van der Waals surface area contributed by atoms with Crippen LogP contribution in [0.25, 0.3) is 6.08 Å². The molecule has 22 heavy (non-hydrogen) atoms. The SMILES string of the molecule is CCCn1c(C)cc(/C=C(\C#N)C(=O)NC(C)C(C)C)c1C. The van der Waals surface area contributed by atoms with E-state index in [1.807, 2.05) is 46.8 Å². The fourth-order valence-corrected chi connectivity index (χ4v) is 2.30. The van der Waals surface area contributed by atoms with Gasteiger partial charge in [0.25, 0.3) is 5.91 Å². The van der Waals surface area contributed by atoms with Crippen LogP contribution in [0.5, 0.6) is 0 Å². The van der Waals surface area contributed by atoms with Crippen LogP contribution in [-0.4, -0.2) is 16.5 Å². The fraction of sp³-hybridized carbons (Fsp3) is 0.556. The highest BCUT2D eigenvalue weighted by Crippen LogP contribution is 2.19. The van der Waals surface area contributed by atoms with Crippen molar-refractivity contribution in [1.82, 2.24) is 9.88 Å². The summed E-state index contributed by atoms with van der Waals surface area (Å²) in [6.45, 7) is 13.2. The fourth-order valence-electron chi connectivity index (χ4n) is 2.30. The van der Waals surface area contributed by atoms with Crippen molar-refractivity contribution in [1.29, 1.82) is 5.26 Å². The molecule has 1 atom stereocenters. The van der Waals surface area contributed by atoms with Crippen LogP contribution in [-0.2, 0) is 11.3 Å². The number of aryl methyl sites for hydroxylation is 1. The van der Waals surface area contributed by atoms with E-state index in [4.69, 9.17) is 0 Å². The molecule has 1 heterocycles. The Labute approximate surface area is 133 Å². The topological polar surface area (TPSA) is 57.8 Å². The van der Waals surface area contributed by atoms with Gasteiger partial charge in [-0.15, -0.1) is 0 Å². The van der Waals surface area contributed by atoms with E-state index in [0.717, 1.165) is 29.9 Å². The molecule has 1 amide bonds. The number of carbonyl (C=O) groups is 1. The Morgan fingerprint density at radius 2 is 2.05 bits per heavy atom. The second kappa shape index (κ2) is 7.84. The summed E-state index contributed by atoms with van der Waals surface area (Å²) in [6, 6.07) is 4.09. The molecule has 0 bridgehead atoms. The van der Waals surface area contributed by atoms with Crippen molar-refractivity contribution < 1.29 is 4.79 Å². The van der Waals surface area contributed by atoms with Crippen LogP contribution in [0.2, 0.25) is 0 Å². The monoisotopic (exact) mass is 301 g/mol. The number of hydrogen-bond acceptors (Lipinski definition) is 2. The number of aromatic nitrogens is 1. The first kappa shape index (κ1) is 18.0. The molecule has 0 spiro atoms. The van der Waals surface area contributed by atoms with Crippen LogP contribution >= 0.6 is 0 Å². The Hall–Kier alpha value is -2.02. The molecule has 0 fully saturated rings. The van der Waals surface area contributed by atoms with Crippen LogP contribution in [0, 0.1) is 31.1 Å². The lowest BCUT2D eigenvalue weighted by atomic mass is 10.1. The summed E-state index contributed by atoms with van der Waals surface area (Å²) in [5, 5.41) is 12.2. The smallest absolute Gasteiger partial charge is 0.262 e. The van der Waals surface area contributed by atoms with Gasteiger partial charge in [-0.1, -0.05) is 20.8 Å². The van der Waals surface area contributed by atoms with E-state index >= 15 is 0 Å². The number of nitrogens with one attached hydrogen (secondary N) is 1. The normalized spacial score (nSPS) is 13.1. The number of amides is 1. The number of carbonyl (C=O) groups excluding carboxylic acids is 1. The van der Waals surface area contributed by atoms with Gasteiger partial charge < -0.3 is 9.88 Å². The number of nitrogens with zero attached hydrogens (tertiary/aromatic N) is 2. The third-order valence-electron chi connectivity index (χ3n) is 4.08. The van der Waals surface area contributed by atoms with E-state index in [2.05, 4.69) is 16.8 Å². The molecule has 4 nitrogen and oxygen atoms in total.